The van der Waals surface area contributed by atoms with E-state index in [0.717, 1.165) is 25.1 Å². The lowest BCUT2D eigenvalue weighted by atomic mass is 9.93. The van der Waals surface area contributed by atoms with Crippen LogP contribution < -0.4 is 5.32 Å². The minimum Gasteiger partial charge on any atom is -0.316 e. The molecule has 1 aromatic carbocycles. The van der Waals surface area contributed by atoms with Crippen LogP contribution in [0, 0.1) is 11.7 Å². The number of fused-ring (bicyclic) bond motifs is 1. The summed E-state index contributed by atoms with van der Waals surface area (Å²) in [5.41, 5.74) is -0.712. The Bertz CT molecular complexity index is 468. The van der Waals surface area contributed by atoms with E-state index in [9.17, 15) is 17.6 Å². The Morgan fingerprint density at radius 1 is 1.29 bits per heavy atom. The molecule has 1 nitrogen and oxygen atoms in total. The van der Waals surface area contributed by atoms with Gasteiger partial charge in [-0.25, -0.2) is 4.39 Å². The second-order valence-electron chi connectivity index (χ2n) is 4.88. The van der Waals surface area contributed by atoms with Gasteiger partial charge in [0.2, 0.25) is 0 Å². The number of hydrogen-bond acceptors (Lipinski definition) is 1. The highest BCUT2D eigenvalue weighted by Crippen LogP contribution is 2.56. The molecule has 0 amide bonds. The fourth-order valence-corrected chi connectivity index (χ4v) is 2.84. The van der Waals surface area contributed by atoms with Crippen LogP contribution in [-0.2, 0) is 11.6 Å². The SMILES string of the molecule is Fc1ccc([C@@]23CNC[C@@H]2C3)cc1C(F)(F)F. The van der Waals surface area contributed by atoms with E-state index >= 15 is 0 Å². The molecule has 17 heavy (non-hydrogen) atoms. The third-order valence-electron chi connectivity index (χ3n) is 3.91. The first-order chi connectivity index (χ1) is 7.93. The first-order valence-corrected chi connectivity index (χ1v) is 5.51. The first kappa shape index (κ1) is 11.0. The van der Waals surface area contributed by atoms with Gasteiger partial charge in [0.15, 0.2) is 0 Å². The molecule has 1 aliphatic heterocycles. The summed E-state index contributed by atoms with van der Waals surface area (Å²) in [6.07, 6.45) is -3.71. The van der Waals surface area contributed by atoms with Crippen LogP contribution in [0.2, 0.25) is 0 Å². The summed E-state index contributed by atoms with van der Waals surface area (Å²) in [5, 5.41) is 3.16. The lowest BCUT2D eigenvalue weighted by molar-refractivity contribution is -0.140. The molecule has 0 bridgehead atoms. The third kappa shape index (κ3) is 1.56. The molecule has 1 saturated heterocycles. The smallest absolute Gasteiger partial charge is 0.316 e. The van der Waals surface area contributed by atoms with Gasteiger partial charge < -0.3 is 5.32 Å². The molecule has 0 spiro atoms. The molecule has 2 aliphatic rings. The van der Waals surface area contributed by atoms with E-state index in [4.69, 9.17) is 0 Å². The van der Waals surface area contributed by atoms with Crippen molar-refractivity contribution in [1.82, 2.24) is 5.32 Å². The summed E-state index contributed by atoms with van der Waals surface area (Å²) in [4.78, 5) is 0. The average molecular weight is 245 g/mol. The van der Waals surface area contributed by atoms with Gasteiger partial charge in [-0.15, -0.1) is 0 Å². The molecule has 0 aromatic heterocycles. The molecule has 1 heterocycles. The predicted octanol–water partition coefficient (Wildman–Crippen LogP) is 2.71. The summed E-state index contributed by atoms with van der Waals surface area (Å²) in [5.74, 6) is -0.783. The highest BCUT2D eigenvalue weighted by Gasteiger charge is 2.58. The fraction of sp³-hybridized carbons (Fsp3) is 0.500. The average Bonchev–Trinajstić information content (AvgIpc) is 2.80. The number of nitrogens with one attached hydrogen (secondary N) is 1. The molecule has 3 rings (SSSR count). The molecule has 92 valence electrons. The van der Waals surface area contributed by atoms with Crippen LogP contribution in [0.5, 0.6) is 0 Å². The maximum atomic E-state index is 13.2. The molecule has 1 aliphatic carbocycles. The van der Waals surface area contributed by atoms with Gasteiger partial charge in [0.1, 0.15) is 5.82 Å². The number of hydrogen-bond donors (Lipinski definition) is 1. The quantitative estimate of drug-likeness (QED) is 0.750. The zero-order chi connectivity index (χ0) is 12.3. The Morgan fingerprint density at radius 3 is 2.59 bits per heavy atom. The van der Waals surface area contributed by atoms with Crippen LogP contribution in [-0.4, -0.2) is 13.1 Å². The van der Waals surface area contributed by atoms with E-state index in [1.54, 1.807) is 0 Å². The molecule has 2 atom stereocenters. The van der Waals surface area contributed by atoms with Gasteiger partial charge in [0.05, 0.1) is 5.56 Å². The van der Waals surface area contributed by atoms with Crippen LogP contribution in [0.4, 0.5) is 17.6 Å². The normalized spacial score (nSPS) is 31.4. The maximum absolute atomic E-state index is 13.2. The third-order valence-corrected chi connectivity index (χ3v) is 3.91. The van der Waals surface area contributed by atoms with Crippen molar-refractivity contribution in [3.05, 3.63) is 35.1 Å². The molecule has 1 aromatic rings. The zero-order valence-corrected chi connectivity index (χ0v) is 8.94. The summed E-state index contributed by atoms with van der Waals surface area (Å²) in [6, 6.07) is 3.39. The van der Waals surface area contributed by atoms with Crippen molar-refractivity contribution in [1.29, 1.82) is 0 Å². The molecule has 0 unspecified atom stereocenters. The van der Waals surface area contributed by atoms with Crippen LogP contribution in [0.15, 0.2) is 18.2 Å². The topological polar surface area (TPSA) is 12.0 Å². The Morgan fingerprint density at radius 2 is 2.06 bits per heavy atom. The van der Waals surface area contributed by atoms with Gasteiger partial charge in [-0.3, -0.25) is 0 Å². The largest absolute Gasteiger partial charge is 0.419 e. The van der Waals surface area contributed by atoms with Gasteiger partial charge in [-0.05, 0) is 36.6 Å². The minimum atomic E-state index is -4.62. The Labute approximate surface area is 95.8 Å². The standard InChI is InChI=1S/C12H11F4N/c13-10-2-1-7(3-9(10)12(14,15)16)11-4-8(11)5-17-6-11/h1-3,8,17H,4-6H2/t8-,11+/m0/s1. The van der Waals surface area contributed by atoms with Crippen LogP contribution in [0.1, 0.15) is 17.5 Å². The number of alkyl halides is 3. The minimum absolute atomic E-state index is 0.173. The molecule has 2 fully saturated rings. The van der Waals surface area contributed by atoms with Crippen LogP contribution in [0.25, 0.3) is 0 Å². The fourth-order valence-electron chi connectivity index (χ4n) is 2.84. The van der Waals surface area contributed by atoms with Gasteiger partial charge in [-0.2, -0.15) is 13.2 Å². The Balaban J connectivity index is 2.03. The highest BCUT2D eigenvalue weighted by atomic mass is 19.4. The maximum Gasteiger partial charge on any atom is 0.419 e. The van der Waals surface area contributed by atoms with E-state index in [2.05, 4.69) is 5.32 Å². The molecular formula is C12H11F4N. The van der Waals surface area contributed by atoms with E-state index in [0.29, 0.717) is 18.0 Å². The summed E-state index contributed by atoms with van der Waals surface area (Å²) >= 11 is 0. The molecule has 1 N–H and O–H groups in total. The number of benzene rings is 1. The first-order valence-electron chi connectivity index (χ1n) is 5.51. The lowest BCUT2D eigenvalue weighted by Gasteiger charge is -2.15. The van der Waals surface area contributed by atoms with Crippen molar-refractivity contribution < 1.29 is 17.6 Å². The highest BCUT2D eigenvalue weighted by molar-refractivity contribution is 5.40. The molecule has 1 saturated carbocycles. The van der Waals surface area contributed by atoms with E-state index in [1.165, 1.54) is 6.07 Å². The van der Waals surface area contributed by atoms with Crippen molar-refractivity contribution in [3.8, 4) is 0 Å². The van der Waals surface area contributed by atoms with E-state index in [-0.39, 0.29) is 5.41 Å². The predicted molar refractivity (Wildman–Crippen MR) is 54.1 cm³/mol. The Kier molecular flexibility index (Phi) is 2.09. The summed E-state index contributed by atoms with van der Waals surface area (Å²) in [6.45, 7) is 1.54. The lowest BCUT2D eigenvalue weighted by Crippen LogP contribution is -2.20. The zero-order valence-electron chi connectivity index (χ0n) is 8.94. The Hall–Kier alpha value is -1.10. The summed E-state index contributed by atoms with van der Waals surface area (Å²) < 4.78 is 51.0. The number of rotatable bonds is 1. The van der Waals surface area contributed by atoms with E-state index < -0.39 is 17.6 Å². The summed E-state index contributed by atoms with van der Waals surface area (Å²) in [7, 11) is 0. The van der Waals surface area contributed by atoms with Crippen molar-refractivity contribution in [2.24, 2.45) is 5.92 Å². The van der Waals surface area contributed by atoms with Gasteiger partial charge in [-0.1, -0.05) is 6.07 Å². The number of piperidine rings is 1. The molecule has 5 heteroatoms. The second-order valence-corrected chi connectivity index (χ2v) is 4.88. The van der Waals surface area contributed by atoms with E-state index in [1.807, 2.05) is 0 Å². The van der Waals surface area contributed by atoms with Gasteiger partial charge in [0.25, 0.3) is 0 Å². The van der Waals surface area contributed by atoms with Gasteiger partial charge >= 0.3 is 6.18 Å². The van der Waals surface area contributed by atoms with Crippen molar-refractivity contribution in [2.45, 2.75) is 18.0 Å². The number of halogens is 4. The second kappa shape index (κ2) is 3.22. The van der Waals surface area contributed by atoms with Crippen molar-refractivity contribution in [3.63, 3.8) is 0 Å². The van der Waals surface area contributed by atoms with Crippen molar-refractivity contribution >= 4 is 0 Å². The monoisotopic (exact) mass is 245 g/mol. The van der Waals surface area contributed by atoms with Crippen LogP contribution in [0.3, 0.4) is 0 Å². The molecule has 0 radical (unpaired) electrons. The van der Waals surface area contributed by atoms with Crippen molar-refractivity contribution in [2.75, 3.05) is 13.1 Å². The molecular weight excluding hydrogens is 234 g/mol. The van der Waals surface area contributed by atoms with Gasteiger partial charge in [0, 0.05) is 12.0 Å². The van der Waals surface area contributed by atoms with Crippen LogP contribution >= 0.6 is 0 Å².